The molecular weight excluding hydrogens is 240 g/mol. The third kappa shape index (κ3) is 2.49. The lowest BCUT2D eigenvalue weighted by Gasteiger charge is -2.26. The first-order chi connectivity index (χ1) is 9.06. The van der Waals surface area contributed by atoms with Crippen molar-refractivity contribution in [3.63, 3.8) is 0 Å². The van der Waals surface area contributed by atoms with Crippen molar-refractivity contribution >= 4 is 16.9 Å². The van der Waals surface area contributed by atoms with Crippen LogP contribution in [0.25, 0.3) is 10.9 Å². The number of hydrogen-bond donors (Lipinski definition) is 3. The van der Waals surface area contributed by atoms with Crippen molar-refractivity contribution in [2.45, 2.75) is 32.2 Å². The highest BCUT2D eigenvalue weighted by Gasteiger charge is 2.31. The van der Waals surface area contributed by atoms with Crippen LogP contribution in [0.4, 0.5) is 0 Å². The van der Waals surface area contributed by atoms with Gasteiger partial charge in [0.2, 0.25) is 0 Å². The fourth-order valence-corrected chi connectivity index (χ4v) is 2.63. The molecule has 4 heteroatoms. The standard InChI is InChI=1S/C15H20N2O2/c1-3-9(2)13(14(16)15(18)19)11-8-17-12-7-5-4-6-10(11)12/h4-9,13-14,17H,3,16H2,1-2H3,(H,18,19)/t9?,13-,14+/m0/s1. The third-order valence-corrected chi connectivity index (χ3v) is 3.91. The Morgan fingerprint density at radius 3 is 2.74 bits per heavy atom. The monoisotopic (exact) mass is 260 g/mol. The molecule has 1 unspecified atom stereocenters. The van der Waals surface area contributed by atoms with Crippen molar-refractivity contribution in [2.24, 2.45) is 11.7 Å². The second-order valence-corrected chi connectivity index (χ2v) is 5.06. The first kappa shape index (κ1) is 13.6. The Balaban J connectivity index is 2.51. The molecule has 0 bridgehead atoms. The van der Waals surface area contributed by atoms with Gasteiger partial charge in [0, 0.05) is 23.0 Å². The van der Waals surface area contributed by atoms with Crippen molar-refractivity contribution in [3.05, 3.63) is 36.0 Å². The highest BCUT2D eigenvalue weighted by molar-refractivity contribution is 5.85. The van der Waals surface area contributed by atoms with Crippen LogP contribution >= 0.6 is 0 Å². The Bertz CT molecular complexity index is 576. The number of carboxylic acids is 1. The van der Waals surface area contributed by atoms with E-state index in [1.807, 2.05) is 30.5 Å². The van der Waals surface area contributed by atoms with E-state index in [1.165, 1.54) is 0 Å². The molecule has 2 aromatic rings. The first-order valence-corrected chi connectivity index (χ1v) is 6.60. The molecule has 2 rings (SSSR count). The van der Waals surface area contributed by atoms with Gasteiger partial charge in [0.1, 0.15) is 6.04 Å². The summed E-state index contributed by atoms with van der Waals surface area (Å²) in [6.07, 6.45) is 2.79. The van der Waals surface area contributed by atoms with E-state index in [0.29, 0.717) is 0 Å². The van der Waals surface area contributed by atoms with Crippen molar-refractivity contribution in [2.75, 3.05) is 0 Å². The quantitative estimate of drug-likeness (QED) is 0.773. The zero-order chi connectivity index (χ0) is 14.0. The maximum absolute atomic E-state index is 11.3. The van der Waals surface area contributed by atoms with E-state index in [1.54, 1.807) is 0 Å². The van der Waals surface area contributed by atoms with Crippen LogP contribution in [0.15, 0.2) is 30.5 Å². The fourth-order valence-electron chi connectivity index (χ4n) is 2.63. The molecule has 1 heterocycles. The van der Waals surface area contributed by atoms with Crippen LogP contribution in [0.2, 0.25) is 0 Å². The highest BCUT2D eigenvalue weighted by Crippen LogP contribution is 2.34. The van der Waals surface area contributed by atoms with Gasteiger partial charge in [-0.25, -0.2) is 0 Å². The molecule has 19 heavy (non-hydrogen) atoms. The smallest absolute Gasteiger partial charge is 0.321 e. The summed E-state index contributed by atoms with van der Waals surface area (Å²) in [5, 5.41) is 10.3. The van der Waals surface area contributed by atoms with Crippen LogP contribution in [0.3, 0.4) is 0 Å². The number of nitrogens with two attached hydrogens (primary N) is 1. The van der Waals surface area contributed by atoms with Crippen molar-refractivity contribution < 1.29 is 9.90 Å². The second-order valence-electron chi connectivity index (χ2n) is 5.06. The zero-order valence-electron chi connectivity index (χ0n) is 11.3. The van der Waals surface area contributed by atoms with E-state index in [-0.39, 0.29) is 11.8 Å². The summed E-state index contributed by atoms with van der Waals surface area (Å²) in [7, 11) is 0. The number of aromatic nitrogens is 1. The number of carbonyl (C=O) groups is 1. The lowest BCUT2D eigenvalue weighted by atomic mass is 9.80. The molecule has 4 nitrogen and oxygen atoms in total. The average Bonchev–Trinajstić information content (AvgIpc) is 2.82. The number of aromatic amines is 1. The maximum Gasteiger partial charge on any atom is 0.321 e. The molecule has 0 fully saturated rings. The normalized spacial score (nSPS) is 16.2. The average molecular weight is 260 g/mol. The zero-order valence-corrected chi connectivity index (χ0v) is 11.3. The van der Waals surface area contributed by atoms with E-state index in [4.69, 9.17) is 5.73 Å². The van der Waals surface area contributed by atoms with Gasteiger partial charge < -0.3 is 15.8 Å². The molecule has 0 aliphatic heterocycles. The van der Waals surface area contributed by atoms with Crippen LogP contribution in [0.5, 0.6) is 0 Å². The number of aliphatic carboxylic acids is 1. The van der Waals surface area contributed by atoms with E-state index < -0.39 is 12.0 Å². The minimum atomic E-state index is -0.949. The molecule has 1 aromatic carbocycles. The van der Waals surface area contributed by atoms with Gasteiger partial charge in [0.15, 0.2) is 0 Å². The molecule has 0 aliphatic rings. The van der Waals surface area contributed by atoms with Gasteiger partial charge in [-0.15, -0.1) is 0 Å². The number of carboxylic acid groups (broad SMARTS) is 1. The lowest BCUT2D eigenvalue weighted by Crippen LogP contribution is -2.39. The summed E-state index contributed by atoms with van der Waals surface area (Å²) in [5.74, 6) is -0.917. The molecule has 0 saturated heterocycles. The Hall–Kier alpha value is -1.81. The van der Waals surface area contributed by atoms with Gasteiger partial charge in [-0.3, -0.25) is 4.79 Å². The SMILES string of the molecule is CCC(C)[C@@H](c1c[nH]c2ccccc12)[C@@H](N)C(=O)O. The molecule has 0 spiro atoms. The largest absolute Gasteiger partial charge is 0.480 e. The summed E-state index contributed by atoms with van der Waals surface area (Å²) in [5.41, 5.74) is 7.92. The van der Waals surface area contributed by atoms with E-state index in [2.05, 4.69) is 18.8 Å². The topological polar surface area (TPSA) is 79.1 Å². The van der Waals surface area contributed by atoms with Crippen molar-refractivity contribution in [1.29, 1.82) is 0 Å². The molecule has 102 valence electrons. The summed E-state index contributed by atoms with van der Waals surface area (Å²) in [6, 6.07) is 7.02. The molecule has 0 amide bonds. The van der Waals surface area contributed by atoms with Gasteiger partial charge in [0.05, 0.1) is 0 Å². The van der Waals surface area contributed by atoms with Crippen LogP contribution < -0.4 is 5.73 Å². The molecule has 0 radical (unpaired) electrons. The minimum Gasteiger partial charge on any atom is -0.480 e. The molecule has 4 N–H and O–H groups in total. The molecule has 0 aliphatic carbocycles. The van der Waals surface area contributed by atoms with Gasteiger partial charge in [-0.1, -0.05) is 38.5 Å². The summed E-state index contributed by atoms with van der Waals surface area (Å²) >= 11 is 0. The van der Waals surface area contributed by atoms with Gasteiger partial charge in [-0.2, -0.15) is 0 Å². The van der Waals surface area contributed by atoms with Crippen LogP contribution in [-0.2, 0) is 4.79 Å². The van der Waals surface area contributed by atoms with Crippen LogP contribution in [0, 0.1) is 5.92 Å². The number of rotatable bonds is 5. The third-order valence-electron chi connectivity index (χ3n) is 3.91. The van der Waals surface area contributed by atoms with E-state index in [9.17, 15) is 9.90 Å². The molecule has 3 atom stereocenters. The first-order valence-electron chi connectivity index (χ1n) is 6.60. The number of benzene rings is 1. The Kier molecular flexibility index (Phi) is 3.90. The van der Waals surface area contributed by atoms with E-state index in [0.717, 1.165) is 22.9 Å². The second kappa shape index (κ2) is 5.45. The van der Waals surface area contributed by atoms with Gasteiger partial charge in [-0.05, 0) is 17.5 Å². The Labute approximate surface area is 112 Å². The Morgan fingerprint density at radius 2 is 2.11 bits per heavy atom. The lowest BCUT2D eigenvalue weighted by molar-refractivity contribution is -0.139. The van der Waals surface area contributed by atoms with Crippen LogP contribution in [0.1, 0.15) is 31.7 Å². The number of fused-ring (bicyclic) bond motifs is 1. The van der Waals surface area contributed by atoms with Crippen LogP contribution in [-0.4, -0.2) is 22.1 Å². The molecule has 0 saturated carbocycles. The Morgan fingerprint density at radius 1 is 1.42 bits per heavy atom. The van der Waals surface area contributed by atoms with Gasteiger partial charge in [0.25, 0.3) is 0 Å². The predicted octanol–water partition coefficient (Wildman–Crippen LogP) is 2.71. The highest BCUT2D eigenvalue weighted by atomic mass is 16.4. The molecule has 1 aromatic heterocycles. The molecular formula is C15H20N2O2. The number of hydrogen-bond acceptors (Lipinski definition) is 2. The number of H-pyrrole nitrogens is 1. The van der Waals surface area contributed by atoms with Crippen molar-refractivity contribution in [3.8, 4) is 0 Å². The maximum atomic E-state index is 11.3. The number of nitrogens with one attached hydrogen (secondary N) is 1. The summed E-state index contributed by atoms with van der Waals surface area (Å²) in [6.45, 7) is 4.11. The summed E-state index contributed by atoms with van der Waals surface area (Å²) in [4.78, 5) is 14.5. The minimum absolute atomic E-state index is 0.182. The van der Waals surface area contributed by atoms with Gasteiger partial charge >= 0.3 is 5.97 Å². The van der Waals surface area contributed by atoms with E-state index >= 15 is 0 Å². The number of para-hydroxylation sites is 1. The predicted molar refractivity (Wildman–Crippen MR) is 76.1 cm³/mol. The van der Waals surface area contributed by atoms with Crippen molar-refractivity contribution in [1.82, 2.24) is 4.98 Å². The fraction of sp³-hybridized carbons (Fsp3) is 0.400. The summed E-state index contributed by atoms with van der Waals surface area (Å²) < 4.78 is 0.